The molecule has 0 saturated heterocycles. The van der Waals surface area contributed by atoms with Crippen LogP contribution in [0.2, 0.25) is 0 Å². The minimum absolute atomic E-state index is 0.0513. The second kappa shape index (κ2) is 3.41. The molecule has 6 heteroatoms. The number of rotatable bonds is 3. The second-order valence-corrected chi connectivity index (χ2v) is 2.82. The maximum absolute atomic E-state index is 10.4. The highest BCUT2D eigenvalue weighted by Gasteiger charge is 2.06. The van der Waals surface area contributed by atoms with Gasteiger partial charge < -0.3 is 5.11 Å². The molecule has 2 heterocycles. The maximum atomic E-state index is 10.4. The normalized spacial score (nSPS) is 10.6. The van der Waals surface area contributed by atoms with E-state index in [9.17, 15) is 4.79 Å². The summed E-state index contributed by atoms with van der Waals surface area (Å²) in [4.78, 5) is 14.3. The van der Waals surface area contributed by atoms with E-state index in [1.165, 1.54) is 0 Å². The Kier molecular flexibility index (Phi) is 2.10. The Morgan fingerprint density at radius 3 is 3.14 bits per heavy atom. The molecule has 72 valence electrons. The lowest BCUT2D eigenvalue weighted by molar-refractivity contribution is -0.137. The van der Waals surface area contributed by atoms with Crippen LogP contribution in [0, 0.1) is 0 Å². The molecule has 6 nitrogen and oxygen atoms in total. The Hall–Kier alpha value is -1.98. The molecule has 0 unspecified atom stereocenters. The molecule has 0 atom stereocenters. The minimum atomic E-state index is -0.842. The molecular formula is C8H8N4O2. The van der Waals surface area contributed by atoms with Crippen molar-refractivity contribution in [2.24, 2.45) is 0 Å². The number of carboxylic acid groups (broad SMARTS) is 1. The van der Waals surface area contributed by atoms with Gasteiger partial charge in [-0.15, -0.1) is 10.2 Å². The lowest BCUT2D eigenvalue weighted by Crippen LogP contribution is -2.01. The van der Waals surface area contributed by atoms with Gasteiger partial charge in [0.2, 0.25) is 0 Å². The van der Waals surface area contributed by atoms with Crippen molar-refractivity contribution in [1.29, 1.82) is 0 Å². The Morgan fingerprint density at radius 2 is 2.36 bits per heavy atom. The molecule has 0 spiro atoms. The zero-order valence-corrected chi connectivity index (χ0v) is 7.29. The zero-order chi connectivity index (χ0) is 9.97. The number of aliphatic carboxylic acids is 1. The summed E-state index contributed by atoms with van der Waals surface area (Å²) in [5.41, 5.74) is 0.681. The number of carboxylic acids is 1. The minimum Gasteiger partial charge on any atom is -0.481 e. The van der Waals surface area contributed by atoms with Gasteiger partial charge >= 0.3 is 5.97 Å². The molecule has 0 aliphatic carbocycles. The van der Waals surface area contributed by atoms with Gasteiger partial charge in [-0.05, 0) is 0 Å². The van der Waals surface area contributed by atoms with Crippen LogP contribution in [0.1, 0.15) is 12.2 Å². The van der Waals surface area contributed by atoms with Gasteiger partial charge in [0.1, 0.15) is 12.2 Å². The molecular weight excluding hydrogens is 184 g/mol. The van der Waals surface area contributed by atoms with Crippen LogP contribution in [-0.2, 0) is 11.2 Å². The highest BCUT2D eigenvalue weighted by molar-refractivity contribution is 5.66. The van der Waals surface area contributed by atoms with E-state index in [0.29, 0.717) is 17.9 Å². The third kappa shape index (κ3) is 1.54. The zero-order valence-electron chi connectivity index (χ0n) is 7.29. The fraction of sp³-hybridized carbons (Fsp3) is 0.250. The number of nitrogens with zero attached hydrogens (tertiary/aromatic N) is 4. The molecule has 14 heavy (non-hydrogen) atoms. The first-order chi connectivity index (χ1) is 6.77. The Morgan fingerprint density at radius 1 is 1.50 bits per heavy atom. The van der Waals surface area contributed by atoms with Gasteiger partial charge in [-0.1, -0.05) is 0 Å². The fourth-order valence-corrected chi connectivity index (χ4v) is 1.18. The van der Waals surface area contributed by atoms with Gasteiger partial charge in [-0.2, -0.15) is 0 Å². The van der Waals surface area contributed by atoms with Crippen LogP contribution in [0.3, 0.4) is 0 Å². The van der Waals surface area contributed by atoms with E-state index >= 15 is 0 Å². The number of hydrogen-bond acceptors (Lipinski definition) is 4. The summed E-state index contributed by atoms with van der Waals surface area (Å²) in [5.74, 6) is -0.221. The van der Waals surface area contributed by atoms with Crippen molar-refractivity contribution in [1.82, 2.24) is 19.6 Å². The molecule has 2 rings (SSSR count). The van der Waals surface area contributed by atoms with E-state index in [1.54, 1.807) is 23.0 Å². The van der Waals surface area contributed by atoms with Gasteiger partial charge in [-0.25, -0.2) is 4.98 Å². The maximum Gasteiger partial charge on any atom is 0.303 e. The first-order valence-electron chi connectivity index (χ1n) is 4.13. The van der Waals surface area contributed by atoms with E-state index in [-0.39, 0.29) is 6.42 Å². The molecule has 0 aliphatic rings. The standard InChI is InChI=1S/C8H8N4O2/c13-8(14)2-1-6-10-11-7-3-4-9-5-12(6)7/h3-5H,1-2H2,(H,13,14). The lowest BCUT2D eigenvalue weighted by Gasteiger charge is -1.95. The van der Waals surface area contributed by atoms with Gasteiger partial charge in [0.15, 0.2) is 5.65 Å². The van der Waals surface area contributed by atoms with Crippen molar-refractivity contribution >= 4 is 11.6 Å². The molecule has 0 radical (unpaired) electrons. The van der Waals surface area contributed by atoms with Crippen molar-refractivity contribution in [2.45, 2.75) is 12.8 Å². The van der Waals surface area contributed by atoms with E-state index < -0.39 is 5.97 Å². The molecule has 2 aromatic rings. The molecule has 0 saturated carbocycles. The lowest BCUT2D eigenvalue weighted by atomic mass is 10.3. The first kappa shape index (κ1) is 8.61. The highest BCUT2D eigenvalue weighted by Crippen LogP contribution is 2.03. The molecule has 0 fully saturated rings. The van der Waals surface area contributed by atoms with E-state index in [1.807, 2.05) is 0 Å². The van der Waals surface area contributed by atoms with Gasteiger partial charge in [0, 0.05) is 18.7 Å². The third-order valence-corrected chi connectivity index (χ3v) is 1.85. The van der Waals surface area contributed by atoms with Crippen LogP contribution in [0.15, 0.2) is 18.6 Å². The highest BCUT2D eigenvalue weighted by atomic mass is 16.4. The average molecular weight is 192 g/mol. The van der Waals surface area contributed by atoms with Crippen LogP contribution in [0.25, 0.3) is 5.65 Å². The first-order valence-corrected chi connectivity index (χ1v) is 4.13. The number of carbonyl (C=O) groups is 1. The van der Waals surface area contributed by atoms with Crippen molar-refractivity contribution < 1.29 is 9.90 Å². The smallest absolute Gasteiger partial charge is 0.303 e. The van der Waals surface area contributed by atoms with Crippen molar-refractivity contribution in [3.63, 3.8) is 0 Å². The third-order valence-electron chi connectivity index (χ3n) is 1.85. The number of aryl methyl sites for hydroxylation is 1. The van der Waals surface area contributed by atoms with Crippen LogP contribution < -0.4 is 0 Å². The summed E-state index contributed by atoms with van der Waals surface area (Å²) in [6.45, 7) is 0. The fourth-order valence-electron chi connectivity index (χ4n) is 1.18. The topological polar surface area (TPSA) is 80.4 Å². The number of fused-ring (bicyclic) bond motifs is 1. The predicted octanol–water partition coefficient (Wildman–Crippen LogP) is 0.142. The summed E-state index contributed by atoms with van der Waals surface area (Å²) < 4.78 is 1.68. The molecule has 0 amide bonds. The summed E-state index contributed by atoms with van der Waals surface area (Å²) >= 11 is 0. The predicted molar refractivity (Wildman–Crippen MR) is 46.7 cm³/mol. The van der Waals surface area contributed by atoms with Crippen molar-refractivity contribution in [3.05, 3.63) is 24.4 Å². The summed E-state index contributed by atoms with van der Waals surface area (Å²) in [5, 5.41) is 16.3. The second-order valence-electron chi connectivity index (χ2n) is 2.82. The summed E-state index contributed by atoms with van der Waals surface area (Å²) in [6, 6.07) is 1.72. The Bertz CT molecular complexity index is 465. The summed E-state index contributed by atoms with van der Waals surface area (Å²) in [7, 11) is 0. The van der Waals surface area contributed by atoms with Crippen LogP contribution >= 0.6 is 0 Å². The van der Waals surface area contributed by atoms with Crippen molar-refractivity contribution in [2.75, 3.05) is 0 Å². The van der Waals surface area contributed by atoms with Crippen molar-refractivity contribution in [3.8, 4) is 0 Å². The van der Waals surface area contributed by atoms with E-state index in [4.69, 9.17) is 5.11 Å². The average Bonchev–Trinajstić information content (AvgIpc) is 2.58. The van der Waals surface area contributed by atoms with Gasteiger partial charge in [0.05, 0.1) is 6.42 Å². The quantitative estimate of drug-likeness (QED) is 0.748. The Labute approximate surface area is 79.2 Å². The van der Waals surface area contributed by atoms with Crippen LogP contribution in [0.5, 0.6) is 0 Å². The molecule has 0 bridgehead atoms. The SMILES string of the molecule is O=C(O)CCc1nnc2ccncn12. The van der Waals surface area contributed by atoms with Gasteiger partial charge in [0.25, 0.3) is 0 Å². The largest absolute Gasteiger partial charge is 0.481 e. The molecule has 2 aromatic heterocycles. The number of hydrogen-bond donors (Lipinski definition) is 1. The summed E-state index contributed by atoms with van der Waals surface area (Å²) in [6.07, 6.45) is 3.61. The van der Waals surface area contributed by atoms with E-state index in [0.717, 1.165) is 0 Å². The van der Waals surface area contributed by atoms with E-state index in [2.05, 4.69) is 15.2 Å². The van der Waals surface area contributed by atoms with Gasteiger partial charge in [-0.3, -0.25) is 9.20 Å². The number of aromatic nitrogens is 4. The van der Waals surface area contributed by atoms with Crippen LogP contribution in [0.4, 0.5) is 0 Å². The monoisotopic (exact) mass is 192 g/mol. The molecule has 0 aromatic carbocycles. The molecule has 1 N–H and O–H groups in total. The van der Waals surface area contributed by atoms with Crippen LogP contribution in [-0.4, -0.2) is 30.7 Å². The molecule has 0 aliphatic heterocycles. The Balaban J connectivity index is 2.29.